The highest BCUT2D eigenvalue weighted by atomic mass is 16.4. The molecule has 1 heterocycles. The summed E-state index contributed by atoms with van der Waals surface area (Å²) in [6.07, 6.45) is 5.73. The predicted octanol–water partition coefficient (Wildman–Crippen LogP) is 0.303. The van der Waals surface area contributed by atoms with E-state index in [4.69, 9.17) is 10.0 Å². The lowest BCUT2D eigenvalue weighted by Gasteiger charge is -2.02. The number of rotatable bonds is 1. The van der Waals surface area contributed by atoms with E-state index in [2.05, 4.69) is 4.99 Å². The van der Waals surface area contributed by atoms with Gasteiger partial charge in [-0.2, -0.15) is 0 Å². The van der Waals surface area contributed by atoms with Crippen molar-refractivity contribution in [1.82, 2.24) is 0 Å². The minimum absolute atomic E-state index is 0.495. The van der Waals surface area contributed by atoms with Gasteiger partial charge < -0.3 is 10.0 Å². The summed E-state index contributed by atoms with van der Waals surface area (Å²) in [5.41, 5.74) is 1.44. The molecular weight excluding hydrogens is 141 g/mol. The molecule has 0 radical (unpaired) electrons. The van der Waals surface area contributed by atoms with Crippen LogP contribution in [-0.4, -0.2) is 23.4 Å². The zero-order chi connectivity index (χ0) is 8.27. The van der Waals surface area contributed by atoms with Crippen LogP contribution in [0.2, 0.25) is 0 Å². The standard InChI is InChI=1S/C7H10BNO2/c1-6-3-2-4-9-5-7(6)8(10)11/h2,4-5,10-11H,3H2,1H3. The molecule has 0 aliphatic carbocycles. The highest BCUT2D eigenvalue weighted by Gasteiger charge is 2.15. The first-order chi connectivity index (χ1) is 5.22. The lowest BCUT2D eigenvalue weighted by Crippen LogP contribution is -2.17. The van der Waals surface area contributed by atoms with Crippen LogP contribution in [0.15, 0.2) is 28.3 Å². The van der Waals surface area contributed by atoms with E-state index >= 15 is 0 Å². The molecule has 0 aromatic rings. The first-order valence-electron chi connectivity index (χ1n) is 3.46. The van der Waals surface area contributed by atoms with Crippen LogP contribution in [0.4, 0.5) is 0 Å². The fraction of sp³-hybridized carbons (Fsp3) is 0.286. The maximum atomic E-state index is 8.85. The Hall–Kier alpha value is -0.865. The average molecular weight is 151 g/mol. The van der Waals surface area contributed by atoms with Gasteiger partial charge in [0, 0.05) is 12.4 Å². The molecule has 0 amide bonds. The Morgan fingerprint density at radius 1 is 1.55 bits per heavy atom. The number of hydrogen-bond acceptors (Lipinski definition) is 3. The van der Waals surface area contributed by atoms with Crippen molar-refractivity contribution in [1.29, 1.82) is 0 Å². The topological polar surface area (TPSA) is 52.8 Å². The van der Waals surface area contributed by atoms with Gasteiger partial charge in [0.15, 0.2) is 0 Å². The molecular formula is C7H10BNO2. The van der Waals surface area contributed by atoms with Crippen LogP contribution in [0.1, 0.15) is 13.3 Å². The number of nitrogens with zero attached hydrogens (tertiary/aromatic N) is 1. The first kappa shape index (κ1) is 8.23. The Bertz CT molecular complexity index is 231. The molecule has 0 aromatic heterocycles. The molecule has 0 unspecified atom stereocenters. The lowest BCUT2D eigenvalue weighted by molar-refractivity contribution is 0.421. The van der Waals surface area contributed by atoms with E-state index in [1.54, 1.807) is 6.20 Å². The minimum atomic E-state index is -1.40. The van der Waals surface area contributed by atoms with E-state index in [-0.39, 0.29) is 0 Å². The summed E-state index contributed by atoms with van der Waals surface area (Å²) in [4.78, 5) is 3.84. The summed E-state index contributed by atoms with van der Waals surface area (Å²) in [7, 11) is -1.40. The van der Waals surface area contributed by atoms with Crippen LogP contribution in [0, 0.1) is 0 Å². The number of aliphatic imine (C=N–C) groups is 1. The molecule has 0 saturated carbocycles. The van der Waals surface area contributed by atoms with Crippen LogP contribution < -0.4 is 0 Å². The third-order valence-electron chi connectivity index (χ3n) is 1.60. The summed E-state index contributed by atoms with van der Waals surface area (Å²) in [6, 6.07) is 0. The van der Waals surface area contributed by atoms with Crippen molar-refractivity contribution in [3.8, 4) is 0 Å². The Labute approximate surface area is 65.9 Å². The summed E-state index contributed by atoms with van der Waals surface area (Å²) in [5, 5.41) is 17.7. The summed E-state index contributed by atoms with van der Waals surface area (Å²) >= 11 is 0. The van der Waals surface area contributed by atoms with Gasteiger partial charge in [-0.1, -0.05) is 11.6 Å². The fourth-order valence-corrected chi connectivity index (χ4v) is 0.929. The molecule has 1 aliphatic heterocycles. The Morgan fingerprint density at radius 3 is 2.91 bits per heavy atom. The van der Waals surface area contributed by atoms with Crippen LogP contribution in [-0.2, 0) is 0 Å². The smallest absolute Gasteiger partial charge is 0.423 e. The largest absolute Gasteiger partial charge is 0.489 e. The second-order valence-electron chi connectivity index (χ2n) is 2.48. The summed E-state index contributed by atoms with van der Waals surface area (Å²) < 4.78 is 0. The van der Waals surface area contributed by atoms with E-state index in [0.29, 0.717) is 5.47 Å². The molecule has 4 heteroatoms. The number of allylic oxidation sites excluding steroid dienone is 3. The van der Waals surface area contributed by atoms with Crippen LogP contribution in [0.5, 0.6) is 0 Å². The van der Waals surface area contributed by atoms with Crippen LogP contribution >= 0.6 is 0 Å². The predicted molar refractivity (Wildman–Crippen MR) is 45.1 cm³/mol. The second-order valence-corrected chi connectivity index (χ2v) is 2.48. The molecule has 0 aromatic carbocycles. The maximum Gasteiger partial charge on any atom is 0.489 e. The van der Waals surface area contributed by atoms with E-state index in [1.807, 2.05) is 13.0 Å². The summed E-state index contributed by atoms with van der Waals surface area (Å²) in [6.45, 7) is 1.86. The van der Waals surface area contributed by atoms with Gasteiger partial charge in [-0.05, 0) is 18.8 Å². The van der Waals surface area contributed by atoms with Crippen molar-refractivity contribution in [2.45, 2.75) is 13.3 Å². The van der Waals surface area contributed by atoms with Crippen molar-refractivity contribution in [2.24, 2.45) is 4.99 Å². The molecule has 1 rings (SSSR count). The highest BCUT2D eigenvalue weighted by Crippen LogP contribution is 2.11. The van der Waals surface area contributed by atoms with Crippen molar-refractivity contribution in [3.63, 3.8) is 0 Å². The first-order valence-corrected chi connectivity index (χ1v) is 3.46. The van der Waals surface area contributed by atoms with Gasteiger partial charge >= 0.3 is 7.12 Å². The average Bonchev–Trinajstić information content (AvgIpc) is 2.13. The normalized spacial score (nSPS) is 17.0. The van der Waals surface area contributed by atoms with Gasteiger partial charge in [0.05, 0.1) is 0 Å². The molecule has 11 heavy (non-hydrogen) atoms. The van der Waals surface area contributed by atoms with Gasteiger partial charge in [-0.3, -0.25) is 4.99 Å². The Kier molecular flexibility index (Phi) is 2.62. The van der Waals surface area contributed by atoms with E-state index in [0.717, 1.165) is 12.0 Å². The number of hydrogen-bond donors (Lipinski definition) is 2. The molecule has 0 saturated heterocycles. The van der Waals surface area contributed by atoms with Crippen molar-refractivity contribution in [2.75, 3.05) is 0 Å². The quantitative estimate of drug-likeness (QED) is 0.529. The van der Waals surface area contributed by atoms with Crippen molar-refractivity contribution < 1.29 is 10.0 Å². The molecule has 0 bridgehead atoms. The van der Waals surface area contributed by atoms with Crippen molar-refractivity contribution in [3.05, 3.63) is 23.3 Å². The van der Waals surface area contributed by atoms with E-state index in [9.17, 15) is 0 Å². The van der Waals surface area contributed by atoms with Crippen LogP contribution in [0.25, 0.3) is 0 Å². The molecule has 1 aliphatic rings. The Morgan fingerprint density at radius 2 is 2.27 bits per heavy atom. The van der Waals surface area contributed by atoms with Gasteiger partial charge in [-0.25, -0.2) is 0 Å². The SMILES string of the molecule is CC1=C(B(O)O)C=NC=CC1. The highest BCUT2D eigenvalue weighted by molar-refractivity contribution is 6.57. The minimum Gasteiger partial charge on any atom is -0.423 e. The third-order valence-corrected chi connectivity index (χ3v) is 1.60. The zero-order valence-corrected chi connectivity index (χ0v) is 6.36. The van der Waals surface area contributed by atoms with Gasteiger partial charge in [0.25, 0.3) is 0 Å². The molecule has 2 N–H and O–H groups in total. The van der Waals surface area contributed by atoms with Crippen LogP contribution in [0.3, 0.4) is 0 Å². The molecule has 0 fully saturated rings. The lowest BCUT2D eigenvalue weighted by atomic mass is 9.77. The second kappa shape index (κ2) is 3.50. The summed E-state index contributed by atoms with van der Waals surface area (Å²) in [5.74, 6) is 0. The zero-order valence-electron chi connectivity index (χ0n) is 6.36. The monoisotopic (exact) mass is 151 g/mol. The fourth-order valence-electron chi connectivity index (χ4n) is 0.929. The Balaban J connectivity index is 2.89. The van der Waals surface area contributed by atoms with Gasteiger partial charge in [0.2, 0.25) is 0 Å². The van der Waals surface area contributed by atoms with E-state index in [1.165, 1.54) is 6.21 Å². The maximum absolute atomic E-state index is 8.85. The molecule has 58 valence electrons. The van der Waals surface area contributed by atoms with E-state index < -0.39 is 7.12 Å². The molecule has 0 spiro atoms. The molecule has 3 nitrogen and oxygen atoms in total. The van der Waals surface area contributed by atoms with Crippen molar-refractivity contribution >= 4 is 13.3 Å². The van der Waals surface area contributed by atoms with Gasteiger partial charge in [-0.15, -0.1) is 0 Å². The third kappa shape index (κ3) is 2.03. The van der Waals surface area contributed by atoms with Gasteiger partial charge in [0.1, 0.15) is 0 Å². The molecule has 0 atom stereocenters.